The number of carbonyl (C=O) groups excluding carboxylic acids is 1. The monoisotopic (exact) mass is 279 g/mol. The molecule has 0 aliphatic heterocycles. The quantitative estimate of drug-likeness (QED) is 0.884. The van der Waals surface area contributed by atoms with E-state index in [0.29, 0.717) is 12.1 Å². The molecular weight excluding hydrogens is 265 g/mol. The second-order valence-corrected chi connectivity index (χ2v) is 4.96. The number of amides is 1. The molecule has 1 unspecified atom stereocenters. The van der Waals surface area contributed by atoms with Gasteiger partial charge in [0.2, 0.25) is 5.91 Å². The van der Waals surface area contributed by atoms with Crippen molar-refractivity contribution < 1.29 is 14.3 Å². The highest BCUT2D eigenvalue weighted by molar-refractivity contribution is 7.07. The average molecular weight is 279 g/mol. The number of aliphatic hydroxyl groups excluding tert-OH is 1. The Morgan fingerprint density at radius 1 is 1.42 bits per heavy atom. The van der Waals surface area contributed by atoms with Crippen LogP contribution in [-0.2, 0) is 11.3 Å². The fraction of sp³-hybridized carbons (Fsp3) is 0.214. The van der Waals surface area contributed by atoms with Gasteiger partial charge in [-0.3, -0.25) is 4.79 Å². The number of rotatable bonds is 5. The Kier molecular flexibility index (Phi) is 4.65. The molecule has 0 aliphatic carbocycles. The van der Waals surface area contributed by atoms with Crippen molar-refractivity contribution in [3.8, 4) is 0 Å². The molecule has 2 rings (SSSR count). The maximum atomic E-state index is 13.0. The highest BCUT2D eigenvalue weighted by atomic mass is 32.1. The van der Waals surface area contributed by atoms with E-state index in [1.54, 1.807) is 17.4 Å². The third-order valence-electron chi connectivity index (χ3n) is 2.68. The lowest BCUT2D eigenvalue weighted by atomic mass is 10.1. The van der Waals surface area contributed by atoms with Gasteiger partial charge < -0.3 is 10.4 Å². The Morgan fingerprint density at radius 2 is 2.26 bits per heavy atom. The first kappa shape index (κ1) is 13.7. The minimum Gasteiger partial charge on any atom is -0.388 e. The highest BCUT2D eigenvalue weighted by Crippen LogP contribution is 2.17. The molecule has 5 heteroatoms. The molecule has 1 atom stereocenters. The first-order chi connectivity index (χ1) is 9.15. The lowest BCUT2D eigenvalue weighted by Gasteiger charge is -2.11. The molecule has 1 aromatic heterocycles. The van der Waals surface area contributed by atoms with Crippen LogP contribution in [0.1, 0.15) is 23.7 Å². The molecule has 0 spiro atoms. The van der Waals surface area contributed by atoms with Gasteiger partial charge in [0.05, 0.1) is 12.5 Å². The Hall–Kier alpha value is -1.72. The first-order valence-electron chi connectivity index (χ1n) is 5.86. The third-order valence-corrected chi connectivity index (χ3v) is 3.41. The maximum absolute atomic E-state index is 13.0. The van der Waals surface area contributed by atoms with E-state index in [-0.39, 0.29) is 12.3 Å². The summed E-state index contributed by atoms with van der Waals surface area (Å²) in [6.45, 7) is 0.443. The van der Waals surface area contributed by atoms with E-state index in [9.17, 15) is 14.3 Å². The number of aliphatic hydroxyl groups is 1. The molecule has 0 bridgehead atoms. The van der Waals surface area contributed by atoms with E-state index in [4.69, 9.17) is 0 Å². The minimum absolute atomic E-state index is 0.0758. The van der Waals surface area contributed by atoms with E-state index in [1.807, 2.05) is 16.8 Å². The van der Waals surface area contributed by atoms with Crippen LogP contribution in [0.4, 0.5) is 4.39 Å². The molecule has 19 heavy (non-hydrogen) atoms. The van der Waals surface area contributed by atoms with Gasteiger partial charge in [0, 0.05) is 6.54 Å². The largest absolute Gasteiger partial charge is 0.388 e. The van der Waals surface area contributed by atoms with Crippen molar-refractivity contribution >= 4 is 17.2 Å². The van der Waals surface area contributed by atoms with Crippen LogP contribution in [0.15, 0.2) is 41.1 Å². The van der Waals surface area contributed by atoms with E-state index in [2.05, 4.69) is 5.32 Å². The topological polar surface area (TPSA) is 49.3 Å². The molecule has 100 valence electrons. The fourth-order valence-corrected chi connectivity index (χ4v) is 2.34. The highest BCUT2D eigenvalue weighted by Gasteiger charge is 2.13. The number of thiophene rings is 1. The van der Waals surface area contributed by atoms with Gasteiger partial charge in [-0.15, -0.1) is 0 Å². The lowest BCUT2D eigenvalue weighted by Crippen LogP contribution is -2.24. The Morgan fingerprint density at radius 3 is 2.95 bits per heavy atom. The van der Waals surface area contributed by atoms with Crippen molar-refractivity contribution in [3.05, 3.63) is 58.0 Å². The Balaban J connectivity index is 1.84. The molecule has 0 radical (unpaired) electrons. The van der Waals surface area contributed by atoms with Crippen molar-refractivity contribution in [3.63, 3.8) is 0 Å². The maximum Gasteiger partial charge on any atom is 0.223 e. The zero-order chi connectivity index (χ0) is 13.7. The van der Waals surface area contributed by atoms with Crippen LogP contribution in [0.3, 0.4) is 0 Å². The summed E-state index contributed by atoms with van der Waals surface area (Å²) in [5.74, 6) is -0.682. The average Bonchev–Trinajstić information content (AvgIpc) is 2.89. The smallest absolute Gasteiger partial charge is 0.223 e. The van der Waals surface area contributed by atoms with Gasteiger partial charge in [-0.2, -0.15) is 11.3 Å². The van der Waals surface area contributed by atoms with Crippen LogP contribution in [0.2, 0.25) is 0 Å². The van der Waals surface area contributed by atoms with Gasteiger partial charge in [0.1, 0.15) is 5.82 Å². The van der Waals surface area contributed by atoms with Crippen molar-refractivity contribution in [2.75, 3.05) is 0 Å². The number of carbonyl (C=O) groups is 1. The molecule has 1 aromatic carbocycles. The van der Waals surface area contributed by atoms with Gasteiger partial charge in [-0.25, -0.2) is 4.39 Å². The van der Waals surface area contributed by atoms with Crippen LogP contribution in [0.25, 0.3) is 0 Å². The summed E-state index contributed by atoms with van der Waals surface area (Å²) >= 11 is 1.56. The summed E-state index contributed by atoms with van der Waals surface area (Å²) in [7, 11) is 0. The van der Waals surface area contributed by atoms with Gasteiger partial charge in [-0.1, -0.05) is 12.1 Å². The number of halogens is 1. The van der Waals surface area contributed by atoms with E-state index in [1.165, 1.54) is 18.2 Å². The van der Waals surface area contributed by atoms with E-state index in [0.717, 1.165) is 5.56 Å². The van der Waals surface area contributed by atoms with Crippen molar-refractivity contribution in [2.45, 2.75) is 19.1 Å². The van der Waals surface area contributed by atoms with Crippen LogP contribution >= 0.6 is 11.3 Å². The molecule has 0 fully saturated rings. The van der Waals surface area contributed by atoms with Crippen molar-refractivity contribution in [2.24, 2.45) is 0 Å². The van der Waals surface area contributed by atoms with E-state index < -0.39 is 11.9 Å². The van der Waals surface area contributed by atoms with Gasteiger partial charge in [-0.05, 0) is 40.1 Å². The van der Waals surface area contributed by atoms with Crippen molar-refractivity contribution in [1.82, 2.24) is 5.32 Å². The summed E-state index contributed by atoms with van der Waals surface area (Å²) < 4.78 is 13.0. The second kappa shape index (κ2) is 6.45. The lowest BCUT2D eigenvalue weighted by molar-refractivity contribution is -0.123. The number of hydrogen-bond donors (Lipinski definition) is 2. The van der Waals surface area contributed by atoms with Crippen LogP contribution in [-0.4, -0.2) is 11.0 Å². The number of hydrogen-bond acceptors (Lipinski definition) is 3. The summed E-state index contributed by atoms with van der Waals surface area (Å²) in [4.78, 5) is 11.6. The fourth-order valence-electron chi connectivity index (χ4n) is 1.67. The summed E-state index contributed by atoms with van der Waals surface area (Å²) in [6, 6.07) is 7.56. The molecule has 0 aliphatic rings. The van der Waals surface area contributed by atoms with Crippen LogP contribution < -0.4 is 5.32 Å². The van der Waals surface area contributed by atoms with E-state index >= 15 is 0 Å². The predicted molar refractivity (Wildman–Crippen MR) is 72.1 cm³/mol. The molecule has 0 saturated heterocycles. The normalized spacial score (nSPS) is 12.1. The van der Waals surface area contributed by atoms with Crippen LogP contribution in [0, 0.1) is 5.82 Å². The third kappa shape index (κ3) is 4.15. The zero-order valence-corrected chi connectivity index (χ0v) is 11.0. The summed E-state index contributed by atoms with van der Waals surface area (Å²) in [6.07, 6.45) is -1.06. The Labute approximate surface area is 114 Å². The Bertz CT molecular complexity index is 542. The molecule has 1 heterocycles. The van der Waals surface area contributed by atoms with Gasteiger partial charge in [0.15, 0.2) is 0 Å². The molecule has 2 aromatic rings. The van der Waals surface area contributed by atoms with Crippen molar-refractivity contribution in [1.29, 1.82) is 0 Å². The molecule has 3 nitrogen and oxygen atoms in total. The summed E-state index contributed by atoms with van der Waals surface area (Å²) in [5.41, 5.74) is 1.43. The number of benzene rings is 1. The van der Waals surface area contributed by atoms with Gasteiger partial charge in [0.25, 0.3) is 0 Å². The standard InChI is InChI=1S/C14H14FNO2S/c15-12-3-1-2-11(6-12)13(17)7-14(18)16-8-10-4-5-19-9-10/h1-6,9,13,17H,7-8H2,(H,16,18). The van der Waals surface area contributed by atoms with Crippen LogP contribution in [0.5, 0.6) is 0 Å². The SMILES string of the molecule is O=C(CC(O)c1cccc(F)c1)NCc1ccsc1. The zero-order valence-electron chi connectivity index (χ0n) is 10.2. The molecular formula is C14H14FNO2S. The molecule has 0 saturated carbocycles. The summed E-state index contributed by atoms with van der Waals surface area (Å²) in [5, 5.41) is 16.4. The number of nitrogens with one attached hydrogen (secondary N) is 1. The van der Waals surface area contributed by atoms with Gasteiger partial charge >= 0.3 is 0 Å². The molecule has 2 N–H and O–H groups in total. The predicted octanol–water partition coefficient (Wildman–Crippen LogP) is 2.63. The molecule has 1 amide bonds. The first-order valence-corrected chi connectivity index (χ1v) is 6.81. The minimum atomic E-state index is -0.988. The second-order valence-electron chi connectivity index (χ2n) is 4.18.